The van der Waals surface area contributed by atoms with Gasteiger partial charge in [-0.3, -0.25) is 0 Å². The third-order valence-electron chi connectivity index (χ3n) is 4.02. The Kier molecular flexibility index (Phi) is 3.76. The lowest BCUT2D eigenvalue weighted by Crippen LogP contribution is -2.41. The maximum atomic E-state index is 14.2. The number of aryl methyl sites for hydroxylation is 1. The summed E-state index contributed by atoms with van der Waals surface area (Å²) in [6.45, 7) is 9.77. The monoisotopic (exact) mass is 282 g/mol. The number of rotatable bonds is 2. The molecule has 0 spiro atoms. The van der Waals surface area contributed by atoms with Crippen molar-refractivity contribution in [2.75, 3.05) is 6.26 Å². The van der Waals surface area contributed by atoms with Gasteiger partial charge in [-0.25, -0.2) is 4.39 Å². The van der Waals surface area contributed by atoms with E-state index in [2.05, 4.69) is 0 Å². The van der Waals surface area contributed by atoms with Crippen molar-refractivity contribution >= 4 is 24.3 Å². The summed E-state index contributed by atoms with van der Waals surface area (Å²) in [7, 11) is -0.642. The molecule has 0 aliphatic carbocycles. The predicted molar refractivity (Wildman–Crippen MR) is 78.6 cm³/mol. The Hall–Kier alpha value is -0.515. The fraction of sp³-hybridized carbons (Fsp3) is 0.571. The first kappa shape index (κ1) is 14.9. The summed E-state index contributed by atoms with van der Waals surface area (Å²) in [4.78, 5) is 1.05. The first-order valence-corrected chi connectivity index (χ1v) is 7.60. The van der Waals surface area contributed by atoms with Crippen molar-refractivity contribution in [1.82, 2.24) is 0 Å². The third kappa shape index (κ3) is 2.56. The van der Waals surface area contributed by atoms with Crippen molar-refractivity contribution in [3.05, 3.63) is 23.5 Å². The fourth-order valence-corrected chi connectivity index (χ4v) is 2.66. The first-order valence-electron chi connectivity index (χ1n) is 6.37. The molecule has 0 atom stereocenters. The van der Waals surface area contributed by atoms with E-state index in [4.69, 9.17) is 9.31 Å². The van der Waals surface area contributed by atoms with Crippen molar-refractivity contribution < 1.29 is 13.7 Å². The zero-order valence-corrected chi connectivity index (χ0v) is 13.2. The molecule has 1 aromatic rings. The van der Waals surface area contributed by atoms with Gasteiger partial charge in [-0.15, -0.1) is 11.8 Å². The van der Waals surface area contributed by atoms with Crippen LogP contribution in [0.3, 0.4) is 0 Å². The summed E-state index contributed by atoms with van der Waals surface area (Å²) in [5, 5.41) is 0. The van der Waals surface area contributed by atoms with Crippen LogP contribution in [0.1, 0.15) is 33.3 Å². The predicted octanol–water partition coefficient (Wildman–Crippen LogP) is 3.16. The molecule has 1 fully saturated rings. The van der Waals surface area contributed by atoms with Gasteiger partial charge in [-0.05, 0) is 58.6 Å². The lowest BCUT2D eigenvalue weighted by molar-refractivity contribution is 0.00578. The van der Waals surface area contributed by atoms with E-state index < -0.39 is 18.3 Å². The Morgan fingerprint density at radius 2 is 1.63 bits per heavy atom. The molecule has 1 aromatic carbocycles. The quantitative estimate of drug-likeness (QED) is 0.613. The molecule has 5 heteroatoms. The summed E-state index contributed by atoms with van der Waals surface area (Å²) in [6, 6.07) is 3.38. The molecule has 1 aliphatic heterocycles. The summed E-state index contributed by atoms with van der Waals surface area (Å²) in [5.41, 5.74) is 0.516. The molecule has 19 heavy (non-hydrogen) atoms. The van der Waals surface area contributed by atoms with E-state index in [0.717, 1.165) is 10.5 Å². The summed E-state index contributed by atoms with van der Waals surface area (Å²) in [6.07, 6.45) is 1.98. The van der Waals surface area contributed by atoms with Gasteiger partial charge in [-0.2, -0.15) is 0 Å². The largest absolute Gasteiger partial charge is 0.497 e. The topological polar surface area (TPSA) is 18.5 Å². The van der Waals surface area contributed by atoms with E-state index in [-0.39, 0.29) is 5.82 Å². The Labute approximate surface area is 119 Å². The van der Waals surface area contributed by atoms with Gasteiger partial charge in [-0.1, -0.05) is 0 Å². The Bertz CT molecular complexity index is 486. The van der Waals surface area contributed by atoms with Gasteiger partial charge in [0.2, 0.25) is 0 Å². The van der Waals surface area contributed by atoms with Gasteiger partial charge in [0.15, 0.2) is 0 Å². The molecule has 104 valence electrons. The van der Waals surface area contributed by atoms with Gasteiger partial charge in [0.05, 0.1) is 11.2 Å². The lowest BCUT2D eigenvalue weighted by atomic mass is 9.78. The number of halogens is 1. The van der Waals surface area contributed by atoms with Crippen molar-refractivity contribution in [2.24, 2.45) is 0 Å². The molecule has 0 radical (unpaired) electrons. The Balaban J connectivity index is 2.39. The van der Waals surface area contributed by atoms with Crippen LogP contribution in [0.5, 0.6) is 0 Å². The molecule has 2 rings (SSSR count). The van der Waals surface area contributed by atoms with Gasteiger partial charge < -0.3 is 9.31 Å². The summed E-state index contributed by atoms with van der Waals surface area (Å²) < 4.78 is 26.0. The highest BCUT2D eigenvalue weighted by Crippen LogP contribution is 2.37. The number of benzene rings is 1. The molecule has 0 N–H and O–H groups in total. The maximum Gasteiger partial charge on any atom is 0.497 e. The second-order valence-corrected chi connectivity index (χ2v) is 6.78. The van der Waals surface area contributed by atoms with Crippen molar-refractivity contribution in [1.29, 1.82) is 0 Å². The van der Waals surface area contributed by atoms with Crippen LogP contribution in [-0.2, 0) is 9.31 Å². The number of thioether (sulfide) groups is 1. The van der Waals surface area contributed by atoms with Gasteiger partial charge in [0.25, 0.3) is 0 Å². The molecule has 0 bridgehead atoms. The van der Waals surface area contributed by atoms with Crippen LogP contribution in [0, 0.1) is 12.7 Å². The SMILES string of the molecule is CSc1cc(B2OC(C)(C)C(C)(C)O2)c(F)cc1C. The van der Waals surface area contributed by atoms with E-state index in [1.165, 1.54) is 0 Å². The van der Waals surface area contributed by atoms with Crippen molar-refractivity contribution in [2.45, 2.75) is 50.7 Å². The number of hydrogen-bond donors (Lipinski definition) is 0. The van der Waals surface area contributed by atoms with Crippen LogP contribution in [0.15, 0.2) is 17.0 Å². The molecule has 1 aliphatic rings. The smallest absolute Gasteiger partial charge is 0.399 e. The van der Waals surface area contributed by atoms with E-state index in [1.807, 2.05) is 46.9 Å². The highest BCUT2D eigenvalue weighted by molar-refractivity contribution is 7.98. The third-order valence-corrected chi connectivity index (χ3v) is 4.90. The molecule has 0 amide bonds. The molecule has 1 heterocycles. The average Bonchev–Trinajstić information content (AvgIpc) is 2.48. The molecular weight excluding hydrogens is 262 g/mol. The van der Waals surface area contributed by atoms with Crippen LogP contribution in [0.2, 0.25) is 0 Å². The highest BCUT2D eigenvalue weighted by atomic mass is 32.2. The van der Waals surface area contributed by atoms with E-state index >= 15 is 0 Å². The fourth-order valence-electron chi connectivity index (χ4n) is 2.04. The number of hydrogen-bond acceptors (Lipinski definition) is 3. The average molecular weight is 282 g/mol. The molecule has 2 nitrogen and oxygen atoms in total. The lowest BCUT2D eigenvalue weighted by Gasteiger charge is -2.32. The van der Waals surface area contributed by atoms with Crippen LogP contribution < -0.4 is 5.46 Å². The molecule has 1 saturated heterocycles. The van der Waals surface area contributed by atoms with Gasteiger partial charge in [0.1, 0.15) is 5.82 Å². The Morgan fingerprint density at radius 1 is 1.11 bits per heavy atom. The summed E-state index contributed by atoms with van der Waals surface area (Å²) >= 11 is 1.60. The first-order chi connectivity index (χ1) is 8.68. The van der Waals surface area contributed by atoms with Crippen LogP contribution in [-0.4, -0.2) is 24.6 Å². The van der Waals surface area contributed by atoms with Crippen LogP contribution in [0.4, 0.5) is 4.39 Å². The van der Waals surface area contributed by atoms with Crippen LogP contribution >= 0.6 is 11.8 Å². The maximum absolute atomic E-state index is 14.2. The zero-order valence-electron chi connectivity index (χ0n) is 12.3. The van der Waals surface area contributed by atoms with Crippen molar-refractivity contribution in [3.63, 3.8) is 0 Å². The summed E-state index contributed by atoms with van der Waals surface area (Å²) in [5.74, 6) is -0.270. The molecule has 0 saturated carbocycles. The van der Waals surface area contributed by atoms with E-state index in [9.17, 15) is 4.39 Å². The molecular formula is C14H20BFO2S. The minimum Gasteiger partial charge on any atom is -0.399 e. The zero-order chi connectivity index (χ0) is 14.4. The van der Waals surface area contributed by atoms with Gasteiger partial charge in [0, 0.05) is 10.4 Å². The minimum absolute atomic E-state index is 0.270. The second-order valence-electron chi connectivity index (χ2n) is 5.93. The van der Waals surface area contributed by atoms with Crippen molar-refractivity contribution in [3.8, 4) is 0 Å². The highest BCUT2D eigenvalue weighted by Gasteiger charge is 2.52. The standard InChI is InChI=1S/C14H20BFO2S/c1-9-7-11(16)10(8-12(9)19-6)15-17-13(2,3)14(4,5)18-15/h7-8H,1-6H3. The van der Waals surface area contributed by atoms with Gasteiger partial charge >= 0.3 is 7.12 Å². The Morgan fingerprint density at radius 3 is 2.11 bits per heavy atom. The molecule has 0 aromatic heterocycles. The molecule has 0 unspecified atom stereocenters. The normalized spacial score (nSPS) is 20.9. The van der Waals surface area contributed by atoms with Crippen LogP contribution in [0.25, 0.3) is 0 Å². The minimum atomic E-state index is -0.642. The van der Waals surface area contributed by atoms with E-state index in [0.29, 0.717) is 5.46 Å². The second kappa shape index (κ2) is 4.79. The van der Waals surface area contributed by atoms with E-state index in [1.54, 1.807) is 17.8 Å².